The van der Waals surface area contributed by atoms with E-state index in [1.807, 2.05) is 6.92 Å². The lowest BCUT2D eigenvalue weighted by molar-refractivity contribution is -0.384. The Labute approximate surface area is 102 Å². The standard InChI is InChI=1S/C11H11FN4O2/c1-2-15-7-9(6-13-15)14-10-5-8(12)3-4-11(10)16(17)18/h3-7,14H,2H2,1H3. The zero-order valence-electron chi connectivity index (χ0n) is 9.63. The number of anilines is 2. The summed E-state index contributed by atoms with van der Waals surface area (Å²) in [5.41, 5.74) is 0.502. The van der Waals surface area contributed by atoms with Crippen molar-refractivity contribution in [2.75, 3.05) is 5.32 Å². The van der Waals surface area contributed by atoms with Crippen LogP contribution in [0.4, 0.5) is 21.5 Å². The van der Waals surface area contributed by atoms with Crippen molar-refractivity contribution >= 4 is 17.1 Å². The first-order valence-corrected chi connectivity index (χ1v) is 5.33. The number of hydrogen-bond acceptors (Lipinski definition) is 4. The van der Waals surface area contributed by atoms with E-state index in [4.69, 9.17) is 0 Å². The van der Waals surface area contributed by atoms with Crippen LogP contribution in [0.1, 0.15) is 6.92 Å². The highest BCUT2D eigenvalue weighted by molar-refractivity contribution is 5.68. The van der Waals surface area contributed by atoms with Crippen molar-refractivity contribution in [1.29, 1.82) is 0 Å². The first kappa shape index (κ1) is 12.0. The van der Waals surface area contributed by atoms with Crippen LogP contribution in [0.3, 0.4) is 0 Å². The highest BCUT2D eigenvalue weighted by atomic mass is 19.1. The van der Waals surface area contributed by atoms with Crippen LogP contribution < -0.4 is 5.32 Å². The van der Waals surface area contributed by atoms with Crippen molar-refractivity contribution in [3.8, 4) is 0 Å². The lowest BCUT2D eigenvalue weighted by atomic mass is 10.2. The van der Waals surface area contributed by atoms with Gasteiger partial charge in [-0.15, -0.1) is 0 Å². The minimum absolute atomic E-state index is 0.107. The Balaban J connectivity index is 2.32. The summed E-state index contributed by atoms with van der Waals surface area (Å²) in [6.07, 6.45) is 3.22. The third kappa shape index (κ3) is 2.45. The van der Waals surface area contributed by atoms with Gasteiger partial charge in [-0.2, -0.15) is 5.10 Å². The summed E-state index contributed by atoms with van der Waals surface area (Å²) in [5, 5.41) is 17.6. The zero-order valence-corrected chi connectivity index (χ0v) is 9.63. The maximum Gasteiger partial charge on any atom is 0.292 e. The number of hydrogen-bond donors (Lipinski definition) is 1. The number of nitro benzene ring substituents is 1. The Kier molecular flexibility index (Phi) is 3.22. The van der Waals surface area contributed by atoms with Gasteiger partial charge in [0.15, 0.2) is 0 Å². The third-order valence-corrected chi connectivity index (χ3v) is 2.39. The molecule has 0 aliphatic carbocycles. The molecule has 0 aliphatic heterocycles. The maximum atomic E-state index is 13.1. The second-order valence-electron chi connectivity index (χ2n) is 3.63. The van der Waals surface area contributed by atoms with E-state index in [2.05, 4.69) is 10.4 Å². The predicted octanol–water partition coefficient (Wildman–Crippen LogP) is 2.69. The fourth-order valence-corrected chi connectivity index (χ4v) is 1.52. The molecule has 0 unspecified atom stereocenters. The van der Waals surface area contributed by atoms with Crippen LogP contribution in [-0.4, -0.2) is 14.7 Å². The summed E-state index contributed by atoms with van der Waals surface area (Å²) < 4.78 is 14.8. The molecule has 2 rings (SSSR count). The number of benzene rings is 1. The zero-order chi connectivity index (χ0) is 13.1. The van der Waals surface area contributed by atoms with Crippen molar-refractivity contribution in [2.24, 2.45) is 0 Å². The molecule has 18 heavy (non-hydrogen) atoms. The van der Waals surface area contributed by atoms with E-state index in [-0.39, 0.29) is 11.4 Å². The lowest BCUT2D eigenvalue weighted by Crippen LogP contribution is -1.97. The second-order valence-corrected chi connectivity index (χ2v) is 3.63. The summed E-state index contributed by atoms with van der Waals surface area (Å²) in [6.45, 7) is 2.61. The average molecular weight is 250 g/mol. The van der Waals surface area contributed by atoms with Crippen molar-refractivity contribution in [3.05, 3.63) is 46.5 Å². The molecule has 0 atom stereocenters. The summed E-state index contributed by atoms with van der Waals surface area (Å²) >= 11 is 0. The van der Waals surface area contributed by atoms with Gasteiger partial charge in [0.2, 0.25) is 0 Å². The molecule has 1 aromatic carbocycles. The molecule has 0 amide bonds. The normalized spacial score (nSPS) is 10.3. The van der Waals surface area contributed by atoms with Gasteiger partial charge in [0.25, 0.3) is 5.69 Å². The van der Waals surface area contributed by atoms with E-state index in [0.29, 0.717) is 12.2 Å². The number of nitro groups is 1. The van der Waals surface area contributed by atoms with Crippen LogP contribution >= 0.6 is 0 Å². The first-order chi connectivity index (χ1) is 8.60. The molecule has 7 heteroatoms. The van der Waals surface area contributed by atoms with E-state index in [9.17, 15) is 14.5 Å². The van der Waals surface area contributed by atoms with Gasteiger partial charge in [0, 0.05) is 24.9 Å². The molecule has 94 valence electrons. The van der Waals surface area contributed by atoms with Crippen molar-refractivity contribution in [3.63, 3.8) is 0 Å². The van der Waals surface area contributed by atoms with Gasteiger partial charge in [-0.05, 0) is 13.0 Å². The van der Waals surface area contributed by atoms with E-state index < -0.39 is 10.7 Å². The molecule has 0 spiro atoms. The number of halogens is 1. The van der Waals surface area contributed by atoms with Gasteiger partial charge >= 0.3 is 0 Å². The molecule has 6 nitrogen and oxygen atoms in total. The monoisotopic (exact) mass is 250 g/mol. The predicted molar refractivity (Wildman–Crippen MR) is 64.2 cm³/mol. The van der Waals surface area contributed by atoms with E-state index in [1.54, 1.807) is 10.9 Å². The molecule has 0 saturated carbocycles. The molecule has 0 bridgehead atoms. The topological polar surface area (TPSA) is 73.0 Å². The van der Waals surface area contributed by atoms with E-state index in [1.165, 1.54) is 6.20 Å². The van der Waals surface area contributed by atoms with E-state index >= 15 is 0 Å². The van der Waals surface area contributed by atoms with Crippen LogP contribution in [0.5, 0.6) is 0 Å². The number of nitrogens with one attached hydrogen (secondary N) is 1. The van der Waals surface area contributed by atoms with Crippen molar-refractivity contribution in [1.82, 2.24) is 9.78 Å². The Morgan fingerprint density at radius 1 is 1.56 bits per heavy atom. The molecular weight excluding hydrogens is 239 g/mol. The largest absolute Gasteiger partial charge is 0.347 e. The number of nitrogens with zero attached hydrogens (tertiary/aromatic N) is 3. The molecule has 0 aliphatic rings. The van der Waals surface area contributed by atoms with Gasteiger partial charge in [-0.3, -0.25) is 14.8 Å². The molecule has 0 radical (unpaired) electrons. The van der Waals surface area contributed by atoms with Gasteiger partial charge < -0.3 is 5.32 Å². The highest BCUT2D eigenvalue weighted by Crippen LogP contribution is 2.27. The van der Waals surface area contributed by atoms with Crippen LogP contribution in [0.25, 0.3) is 0 Å². The smallest absolute Gasteiger partial charge is 0.292 e. The second kappa shape index (κ2) is 4.82. The van der Waals surface area contributed by atoms with Crippen LogP contribution in [0.15, 0.2) is 30.6 Å². The number of aromatic nitrogens is 2. The first-order valence-electron chi connectivity index (χ1n) is 5.33. The van der Waals surface area contributed by atoms with Gasteiger partial charge in [-0.1, -0.05) is 0 Å². The fourth-order valence-electron chi connectivity index (χ4n) is 1.52. The Morgan fingerprint density at radius 2 is 2.33 bits per heavy atom. The minimum atomic E-state index is -0.563. The summed E-state index contributed by atoms with van der Waals surface area (Å²) in [7, 11) is 0. The molecule has 1 aromatic heterocycles. The molecule has 1 heterocycles. The van der Waals surface area contributed by atoms with Crippen LogP contribution in [-0.2, 0) is 6.54 Å². The molecule has 0 saturated heterocycles. The summed E-state index contributed by atoms with van der Waals surface area (Å²) in [5.74, 6) is -0.536. The quantitative estimate of drug-likeness (QED) is 0.668. The Morgan fingerprint density at radius 3 is 2.94 bits per heavy atom. The molecular formula is C11H11FN4O2. The Bertz CT molecular complexity index is 582. The van der Waals surface area contributed by atoms with Gasteiger partial charge in [0.05, 0.1) is 16.8 Å². The van der Waals surface area contributed by atoms with Crippen LogP contribution in [0, 0.1) is 15.9 Å². The number of aryl methyl sites for hydroxylation is 1. The molecule has 1 N–H and O–H groups in total. The molecule has 0 fully saturated rings. The minimum Gasteiger partial charge on any atom is -0.347 e. The summed E-state index contributed by atoms with van der Waals surface area (Å²) in [6, 6.07) is 3.27. The number of rotatable bonds is 4. The fraction of sp³-hybridized carbons (Fsp3) is 0.182. The Hall–Kier alpha value is -2.44. The maximum absolute atomic E-state index is 13.1. The van der Waals surface area contributed by atoms with E-state index in [0.717, 1.165) is 18.2 Å². The van der Waals surface area contributed by atoms with Crippen molar-refractivity contribution in [2.45, 2.75) is 13.5 Å². The molecule has 2 aromatic rings. The average Bonchev–Trinajstić information content (AvgIpc) is 2.76. The third-order valence-electron chi connectivity index (χ3n) is 2.39. The SMILES string of the molecule is CCn1cc(Nc2cc(F)ccc2[N+](=O)[O-])cn1. The summed E-state index contributed by atoms with van der Waals surface area (Å²) in [4.78, 5) is 10.2. The van der Waals surface area contributed by atoms with Crippen molar-refractivity contribution < 1.29 is 9.31 Å². The lowest BCUT2D eigenvalue weighted by Gasteiger charge is -2.04. The highest BCUT2D eigenvalue weighted by Gasteiger charge is 2.14. The van der Waals surface area contributed by atoms with Gasteiger partial charge in [0.1, 0.15) is 11.5 Å². The van der Waals surface area contributed by atoms with Gasteiger partial charge in [-0.25, -0.2) is 4.39 Å². The van der Waals surface area contributed by atoms with Crippen LogP contribution in [0.2, 0.25) is 0 Å².